The van der Waals surface area contributed by atoms with Gasteiger partial charge in [0.2, 0.25) is 0 Å². The van der Waals surface area contributed by atoms with E-state index in [1.165, 1.54) is 0 Å². The number of H-pyrrole nitrogens is 1. The molecule has 0 amide bonds. The minimum absolute atomic E-state index is 0.0623. The SMILES string of the molecule is CO[C@@H]1CN[C@@H](c2nc3ccccc3c(=O)[nH]2)C1. The summed E-state index contributed by atoms with van der Waals surface area (Å²) >= 11 is 0. The molecule has 1 aliphatic heterocycles. The van der Waals surface area contributed by atoms with E-state index in [4.69, 9.17) is 4.74 Å². The molecule has 2 N–H and O–H groups in total. The Morgan fingerprint density at radius 2 is 2.22 bits per heavy atom. The molecular formula is C13H15N3O2. The van der Waals surface area contributed by atoms with Crippen LogP contribution in [0.15, 0.2) is 29.1 Å². The minimum atomic E-state index is -0.0849. The van der Waals surface area contributed by atoms with Crippen molar-refractivity contribution < 1.29 is 4.74 Å². The molecule has 2 aromatic rings. The first-order valence-electron chi connectivity index (χ1n) is 6.03. The minimum Gasteiger partial charge on any atom is -0.380 e. The van der Waals surface area contributed by atoms with Gasteiger partial charge in [-0.15, -0.1) is 0 Å². The number of nitrogens with one attached hydrogen (secondary N) is 2. The summed E-state index contributed by atoms with van der Waals surface area (Å²) in [6, 6.07) is 7.43. The van der Waals surface area contributed by atoms with E-state index in [2.05, 4.69) is 15.3 Å². The van der Waals surface area contributed by atoms with Gasteiger partial charge in [-0.25, -0.2) is 4.98 Å². The molecule has 1 aromatic heterocycles. The molecule has 5 nitrogen and oxygen atoms in total. The predicted molar refractivity (Wildman–Crippen MR) is 68.5 cm³/mol. The van der Waals surface area contributed by atoms with Crippen molar-refractivity contribution in [2.24, 2.45) is 0 Å². The zero-order valence-corrected chi connectivity index (χ0v) is 10.1. The molecule has 0 radical (unpaired) electrons. The summed E-state index contributed by atoms with van der Waals surface area (Å²) in [5, 5.41) is 3.94. The molecule has 94 valence electrons. The Kier molecular flexibility index (Phi) is 2.85. The lowest BCUT2D eigenvalue weighted by atomic mass is 10.1. The Hall–Kier alpha value is -1.72. The van der Waals surface area contributed by atoms with E-state index in [9.17, 15) is 4.79 Å². The summed E-state index contributed by atoms with van der Waals surface area (Å²) in [6.07, 6.45) is 1.02. The molecule has 0 spiro atoms. The monoisotopic (exact) mass is 245 g/mol. The van der Waals surface area contributed by atoms with E-state index in [0.717, 1.165) is 18.5 Å². The Morgan fingerprint density at radius 1 is 1.39 bits per heavy atom. The van der Waals surface area contributed by atoms with E-state index in [1.807, 2.05) is 18.2 Å². The largest absolute Gasteiger partial charge is 0.380 e. The number of hydrogen-bond acceptors (Lipinski definition) is 4. The quantitative estimate of drug-likeness (QED) is 0.827. The van der Waals surface area contributed by atoms with E-state index >= 15 is 0 Å². The van der Waals surface area contributed by atoms with Crippen molar-refractivity contribution in [1.82, 2.24) is 15.3 Å². The van der Waals surface area contributed by atoms with E-state index in [0.29, 0.717) is 11.2 Å². The van der Waals surface area contributed by atoms with Crippen LogP contribution in [0, 0.1) is 0 Å². The number of fused-ring (bicyclic) bond motifs is 1. The molecule has 1 aliphatic rings. The van der Waals surface area contributed by atoms with Gasteiger partial charge in [0.1, 0.15) is 5.82 Å². The second kappa shape index (κ2) is 4.51. The first-order chi connectivity index (χ1) is 8.78. The van der Waals surface area contributed by atoms with Crippen LogP contribution >= 0.6 is 0 Å². The number of aromatic nitrogens is 2. The molecule has 1 fully saturated rings. The van der Waals surface area contributed by atoms with Crippen LogP contribution in [0.3, 0.4) is 0 Å². The number of methoxy groups -OCH3 is 1. The normalized spacial score (nSPS) is 23.6. The molecule has 3 rings (SSSR count). The van der Waals surface area contributed by atoms with Gasteiger partial charge in [-0.05, 0) is 18.6 Å². The predicted octanol–water partition coefficient (Wildman–Crippen LogP) is 0.972. The fourth-order valence-electron chi connectivity index (χ4n) is 2.36. The van der Waals surface area contributed by atoms with Gasteiger partial charge in [0.25, 0.3) is 5.56 Å². The summed E-state index contributed by atoms with van der Waals surface area (Å²) in [7, 11) is 1.70. The Labute approximate surface area is 104 Å². The lowest BCUT2D eigenvalue weighted by Crippen LogP contribution is -2.21. The highest BCUT2D eigenvalue weighted by Crippen LogP contribution is 2.22. The summed E-state index contributed by atoms with van der Waals surface area (Å²) in [6.45, 7) is 0.789. The average molecular weight is 245 g/mol. The van der Waals surface area contributed by atoms with Crippen molar-refractivity contribution in [2.45, 2.75) is 18.6 Å². The van der Waals surface area contributed by atoms with Crippen molar-refractivity contribution in [3.05, 3.63) is 40.4 Å². The van der Waals surface area contributed by atoms with E-state index < -0.39 is 0 Å². The molecule has 0 aliphatic carbocycles. The van der Waals surface area contributed by atoms with Gasteiger partial charge in [0.05, 0.1) is 23.0 Å². The van der Waals surface area contributed by atoms with E-state index in [-0.39, 0.29) is 17.7 Å². The maximum atomic E-state index is 12.0. The van der Waals surface area contributed by atoms with Crippen LogP contribution in [0.2, 0.25) is 0 Å². The van der Waals surface area contributed by atoms with Gasteiger partial charge in [0, 0.05) is 13.7 Å². The number of benzene rings is 1. The van der Waals surface area contributed by atoms with Crippen molar-refractivity contribution in [1.29, 1.82) is 0 Å². The van der Waals surface area contributed by atoms with Crippen LogP contribution in [0.25, 0.3) is 10.9 Å². The maximum absolute atomic E-state index is 12.0. The lowest BCUT2D eigenvalue weighted by molar-refractivity contribution is 0.117. The van der Waals surface area contributed by atoms with Gasteiger partial charge < -0.3 is 15.0 Å². The number of nitrogens with zero attached hydrogens (tertiary/aromatic N) is 1. The van der Waals surface area contributed by atoms with Crippen LogP contribution < -0.4 is 10.9 Å². The molecule has 0 bridgehead atoms. The number of para-hydroxylation sites is 1. The number of ether oxygens (including phenoxy) is 1. The molecule has 1 aromatic carbocycles. The van der Waals surface area contributed by atoms with Crippen LogP contribution in [0.1, 0.15) is 18.3 Å². The second-order valence-corrected chi connectivity index (χ2v) is 4.52. The highest BCUT2D eigenvalue weighted by molar-refractivity contribution is 5.77. The van der Waals surface area contributed by atoms with Crippen molar-refractivity contribution >= 4 is 10.9 Å². The summed E-state index contributed by atoms with van der Waals surface area (Å²) in [5.74, 6) is 0.693. The zero-order valence-electron chi connectivity index (χ0n) is 10.1. The average Bonchev–Trinajstić information content (AvgIpc) is 2.87. The number of hydrogen-bond donors (Lipinski definition) is 2. The highest BCUT2D eigenvalue weighted by Gasteiger charge is 2.26. The first-order valence-corrected chi connectivity index (χ1v) is 6.03. The third-order valence-corrected chi connectivity index (χ3v) is 3.39. The first kappa shape index (κ1) is 11.4. The number of rotatable bonds is 2. The van der Waals surface area contributed by atoms with E-state index in [1.54, 1.807) is 13.2 Å². The van der Waals surface area contributed by atoms with Crippen molar-refractivity contribution in [3.8, 4) is 0 Å². The molecule has 0 unspecified atom stereocenters. The summed E-state index contributed by atoms with van der Waals surface area (Å²) < 4.78 is 5.30. The van der Waals surface area contributed by atoms with Gasteiger partial charge in [-0.2, -0.15) is 0 Å². The fourth-order valence-corrected chi connectivity index (χ4v) is 2.36. The van der Waals surface area contributed by atoms with Crippen molar-refractivity contribution in [3.63, 3.8) is 0 Å². The Balaban J connectivity index is 2.01. The molecule has 5 heteroatoms. The maximum Gasteiger partial charge on any atom is 0.258 e. The molecule has 0 saturated carbocycles. The molecule has 18 heavy (non-hydrogen) atoms. The smallest absolute Gasteiger partial charge is 0.258 e. The van der Waals surface area contributed by atoms with Gasteiger partial charge >= 0.3 is 0 Å². The van der Waals surface area contributed by atoms with Crippen LogP contribution in [0.5, 0.6) is 0 Å². The van der Waals surface area contributed by atoms with Crippen LogP contribution in [-0.2, 0) is 4.74 Å². The number of aromatic amines is 1. The summed E-state index contributed by atoms with van der Waals surface area (Å²) in [4.78, 5) is 19.3. The second-order valence-electron chi connectivity index (χ2n) is 4.52. The van der Waals surface area contributed by atoms with Gasteiger partial charge in [-0.3, -0.25) is 4.79 Å². The fraction of sp³-hybridized carbons (Fsp3) is 0.385. The third kappa shape index (κ3) is 1.91. The molecular weight excluding hydrogens is 230 g/mol. The van der Waals surface area contributed by atoms with Gasteiger partial charge in [-0.1, -0.05) is 12.1 Å². The van der Waals surface area contributed by atoms with Crippen LogP contribution in [-0.4, -0.2) is 29.7 Å². The van der Waals surface area contributed by atoms with Crippen LogP contribution in [0.4, 0.5) is 0 Å². The van der Waals surface area contributed by atoms with Gasteiger partial charge in [0.15, 0.2) is 0 Å². The van der Waals surface area contributed by atoms with Crippen molar-refractivity contribution in [2.75, 3.05) is 13.7 Å². The third-order valence-electron chi connectivity index (χ3n) is 3.39. The highest BCUT2D eigenvalue weighted by atomic mass is 16.5. The molecule has 2 atom stereocenters. The standard InChI is InChI=1S/C13H15N3O2/c1-18-8-6-11(14-7-8)12-15-10-5-3-2-4-9(10)13(17)16-12/h2-5,8,11,14H,6-7H2,1H3,(H,15,16,17)/t8-,11+/m0/s1. The summed E-state index contributed by atoms with van der Waals surface area (Å²) in [5.41, 5.74) is 0.650. The topological polar surface area (TPSA) is 67.0 Å². The zero-order chi connectivity index (χ0) is 12.5. The molecule has 2 heterocycles. The Morgan fingerprint density at radius 3 is 3.00 bits per heavy atom. The molecule has 1 saturated heterocycles. The lowest BCUT2D eigenvalue weighted by Gasteiger charge is -2.10. The Bertz CT molecular complexity index is 623.